The van der Waals surface area contributed by atoms with Gasteiger partial charge in [-0.2, -0.15) is 0 Å². The Morgan fingerprint density at radius 3 is 2.76 bits per heavy atom. The third-order valence-corrected chi connectivity index (χ3v) is 3.93. The van der Waals surface area contributed by atoms with Crippen molar-refractivity contribution in [3.63, 3.8) is 0 Å². The first-order valence-corrected chi connectivity index (χ1v) is 8.28. The van der Waals surface area contributed by atoms with E-state index >= 15 is 0 Å². The zero-order chi connectivity index (χ0) is 17.8. The minimum atomic E-state index is -0.148. The normalized spacial score (nSPS) is 10.5. The minimum Gasteiger partial charge on any atom is -0.439 e. The summed E-state index contributed by atoms with van der Waals surface area (Å²) in [6.07, 6.45) is 1.66. The van der Waals surface area contributed by atoms with Crippen LogP contribution in [0.4, 0.5) is 11.4 Å². The predicted molar refractivity (Wildman–Crippen MR) is 100 cm³/mol. The zero-order valence-corrected chi connectivity index (χ0v) is 14.9. The van der Waals surface area contributed by atoms with Crippen molar-refractivity contribution in [2.45, 2.75) is 13.5 Å². The fraction of sp³-hybridized carbons (Fsp3) is 0.111. The number of rotatable bonds is 5. The van der Waals surface area contributed by atoms with Crippen molar-refractivity contribution in [2.75, 3.05) is 10.6 Å². The molecule has 5 nitrogen and oxygen atoms in total. The average Bonchev–Trinajstić information content (AvgIpc) is 3.02. The van der Waals surface area contributed by atoms with Crippen LogP contribution >= 0.6 is 23.2 Å². The van der Waals surface area contributed by atoms with E-state index in [1.807, 2.05) is 18.2 Å². The largest absolute Gasteiger partial charge is 0.439 e. The monoisotopic (exact) mass is 375 g/mol. The number of anilines is 2. The number of benzene rings is 2. The van der Waals surface area contributed by atoms with Gasteiger partial charge in [-0.25, -0.2) is 4.98 Å². The molecule has 1 amide bonds. The summed E-state index contributed by atoms with van der Waals surface area (Å²) in [6, 6.07) is 12.6. The summed E-state index contributed by atoms with van der Waals surface area (Å²) in [4.78, 5) is 15.3. The van der Waals surface area contributed by atoms with Crippen LogP contribution in [0, 0.1) is 0 Å². The van der Waals surface area contributed by atoms with E-state index in [2.05, 4.69) is 15.6 Å². The molecule has 3 aromatic rings. The van der Waals surface area contributed by atoms with Crippen LogP contribution in [0.1, 0.15) is 12.8 Å². The maximum absolute atomic E-state index is 11.1. The predicted octanol–water partition coefficient (Wildman–Crippen LogP) is 5.22. The number of carbonyl (C=O) groups is 1. The second-order valence-electron chi connectivity index (χ2n) is 5.36. The number of aromatic nitrogens is 1. The number of hydrogen-bond donors (Lipinski definition) is 2. The maximum Gasteiger partial charge on any atom is 0.221 e. The molecule has 0 bridgehead atoms. The summed E-state index contributed by atoms with van der Waals surface area (Å²) < 4.78 is 5.73. The van der Waals surface area contributed by atoms with Gasteiger partial charge in [-0.1, -0.05) is 35.3 Å². The molecule has 3 rings (SSSR count). The average molecular weight is 376 g/mol. The van der Waals surface area contributed by atoms with Crippen LogP contribution in [0.2, 0.25) is 10.0 Å². The highest BCUT2D eigenvalue weighted by Crippen LogP contribution is 2.27. The third-order valence-electron chi connectivity index (χ3n) is 3.38. The molecule has 2 N–H and O–H groups in total. The number of nitrogens with one attached hydrogen (secondary N) is 2. The van der Waals surface area contributed by atoms with Crippen molar-refractivity contribution in [3.8, 4) is 11.3 Å². The SMILES string of the molecule is CC(=O)Nc1ccc(NCc2ncc(-c3cccc(Cl)c3)o2)c(Cl)c1. The van der Waals surface area contributed by atoms with Gasteiger partial charge in [-0.05, 0) is 30.3 Å². The molecule has 0 saturated heterocycles. The van der Waals surface area contributed by atoms with Crippen molar-refractivity contribution < 1.29 is 9.21 Å². The van der Waals surface area contributed by atoms with E-state index in [1.54, 1.807) is 30.5 Å². The molecule has 0 spiro atoms. The molecule has 0 unspecified atom stereocenters. The Hall–Kier alpha value is -2.50. The van der Waals surface area contributed by atoms with Crippen LogP contribution in [0.15, 0.2) is 53.1 Å². The van der Waals surface area contributed by atoms with Crippen molar-refractivity contribution in [1.82, 2.24) is 4.98 Å². The van der Waals surface area contributed by atoms with Gasteiger partial charge in [0.15, 0.2) is 5.76 Å². The molecule has 0 radical (unpaired) electrons. The molecule has 0 aliphatic heterocycles. The van der Waals surface area contributed by atoms with Crippen LogP contribution in [-0.4, -0.2) is 10.9 Å². The summed E-state index contributed by atoms with van der Waals surface area (Å²) in [7, 11) is 0. The summed E-state index contributed by atoms with van der Waals surface area (Å²) in [6.45, 7) is 1.82. The molecule has 25 heavy (non-hydrogen) atoms. The Kier molecular flexibility index (Phi) is 5.26. The Morgan fingerprint density at radius 1 is 1.20 bits per heavy atom. The zero-order valence-electron chi connectivity index (χ0n) is 13.3. The van der Waals surface area contributed by atoms with Crippen molar-refractivity contribution in [2.24, 2.45) is 0 Å². The molecule has 0 fully saturated rings. The summed E-state index contributed by atoms with van der Waals surface area (Å²) in [5.74, 6) is 1.02. The lowest BCUT2D eigenvalue weighted by Gasteiger charge is -2.09. The Morgan fingerprint density at radius 2 is 2.04 bits per heavy atom. The summed E-state index contributed by atoms with van der Waals surface area (Å²) in [5, 5.41) is 6.97. The number of amides is 1. The topological polar surface area (TPSA) is 67.2 Å². The van der Waals surface area contributed by atoms with Gasteiger partial charge in [0.25, 0.3) is 0 Å². The highest BCUT2D eigenvalue weighted by molar-refractivity contribution is 6.33. The lowest BCUT2D eigenvalue weighted by atomic mass is 10.2. The Bertz CT molecular complexity index is 909. The van der Waals surface area contributed by atoms with E-state index in [-0.39, 0.29) is 5.91 Å². The minimum absolute atomic E-state index is 0.148. The van der Waals surface area contributed by atoms with Gasteiger partial charge in [0.1, 0.15) is 0 Å². The molecule has 0 aliphatic carbocycles. The van der Waals surface area contributed by atoms with Crippen LogP contribution in [0.3, 0.4) is 0 Å². The lowest BCUT2D eigenvalue weighted by molar-refractivity contribution is -0.114. The third kappa shape index (κ3) is 4.53. The maximum atomic E-state index is 11.1. The van der Waals surface area contributed by atoms with Crippen LogP contribution in [-0.2, 0) is 11.3 Å². The van der Waals surface area contributed by atoms with Gasteiger partial charge < -0.3 is 15.1 Å². The molecule has 1 heterocycles. The van der Waals surface area contributed by atoms with Gasteiger partial charge in [0, 0.05) is 23.2 Å². The second-order valence-corrected chi connectivity index (χ2v) is 6.20. The van der Waals surface area contributed by atoms with Crippen molar-refractivity contribution in [3.05, 3.63) is 64.6 Å². The van der Waals surface area contributed by atoms with E-state index in [0.717, 1.165) is 11.3 Å². The second kappa shape index (κ2) is 7.59. The number of hydrogen-bond acceptors (Lipinski definition) is 4. The lowest BCUT2D eigenvalue weighted by Crippen LogP contribution is -2.06. The van der Waals surface area contributed by atoms with Gasteiger partial charge in [-0.15, -0.1) is 0 Å². The summed E-state index contributed by atoms with van der Waals surface area (Å²) >= 11 is 12.2. The number of halogens is 2. The molecule has 1 aromatic heterocycles. The quantitative estimate of drug-likeness (QED) is 0.641. The van der Waals surface area contributed by atoms with Gasteiger partial charge in [0.2, 0.25) is 11.8 Å². The van der Waals surface area contributed by atoms with Crippen molar-refractivity contribution in [1.29, 1.82) is 0 Å². The van der Waals surface area contributed by atoms with Gasteiger partial charge in [0.05, 0.1) is 23.5 Å². The van der Waals surface area contributed by atoms with Gasteiger partial charge in [-0.3, -0.25) is 4.79 Å². The fourth-order valence-electron chi connectivity index (χ4n) is 2.28. The first-order valence-electron chi connectivity index (χ1n) is 7.53. The van der Waals surface area contributed by atoms with E-state index < -0.39 is 0 Å². The van der Waals surface area contributed by atoms with Gasteiger partial charge >= 0.3 is 0 Å². The molecule has 0 saturated carbocycles. The Balaban J connectivity index is 1.67. The first kappa shape index (κ1) is 17.3. The molecule has 0 aliphatic rings. The Labute approximate surface area is 155 Å². The number of nitrogens with zero attached hydrogens (tertiary/aromatic N) is 1. The molecular weight excluding hydrogens is 361 g/mol. The molecule has 2 aromatic carbocycles. The highest BCUT2D eigenvalue weighted by Gasteiger charge is 2.08. The highest BCUT2D eigenvalue weighted by atomic mass is 35.5. The molecule has 7 heteroatoms. The van der Waals surface area contributed by atoms with Crippen LogP contribution in [0.25, 0.3) is 11.3 Å². The van der Waals surface area contributed by atoms with Crippen molar-refractivity contribution >= 4 is 40.5 Å². The van der Waals surface area contributed by atoms with Crippen LogP contribution in [0.5, 0.6) is 0 Å². The summed E-state index contributed by atoms with van der Waals surface area (Å²) in [5.41, 5.74) is 2.23. The van der Waals surface area contributed by atoms with E-state index in [4.69, 9.17) is 27.6 Å². The molecule has 128 valence electrons. The van der Waals surface area contributed by atoms with E-state index in [0.29, 0.717) is 33.9 Å². The molecule has 0 atom stereocenters. The molecular formula is C18H15Cl2N3O2. The van der Waals surface area contributed by atoms with E-state index in [1.165, 1.54) is 6.92 Å². The smallest absolute Gasteiger partial charge is 0.221 e. The van der Waals surface area contributed by atoms with E-state index in [9.17, 15) is 4.79 Å². The number of carbonyl (C=O) groups excluding carboxylic acids is 1. The standard InChI is InChI=1S/C18H15Cl2N3O2/c1-11(24)23-14-5-6-16(15(20)8-14)21-10-18-22-9-17(25-18)12-3-2-4-13(19)7-12/h2-9,21H,10H2,1H3,(H,23,24). The number of oxazole rings is 1. The first-order chi connectivity index (χ1) is 12.0. The fourth-order valence-corrected chi connectivity index (χ4v) is 2.72. The van der Waals surface area contributed by atoms with Crippen LogP contribution < -0.4 is 10.6 Å².